The minimum absolute atomic E-state index is 0.187. The van der Waals surface area contributed by atoms with Gasteiger partial charge in [0.15, 0.2) is 0 Å². The lowest BCUT2D eigenvalue weighted by atomic mass is 9.96. The Kier molecular flexibility index (Phi) is 7.46. The summed E-state index contributed by atoms with van der Waals surface area (Å²) < 4.78 is 11.5. The number of aryl methyl sites for hydroxylation is 1. The van der Waals surface area contributed by atoms with Crippen molar-refractivity contribution in [1.82, 2.24) is 0 Å². The Labute approximate surface area is 176 Å². The van der Waals surface area contributed by atoms with E-state index in [1.165, 1.54) is 12.5 Å². The molecule has 1 saturated heterocycles. The zero-order valence-electron chi connectivity index (χ0n) is 17.2. The van der Waals surface area contributed by atoms with Gasteiger partial charge in [-0.2, -0.15) is 0 Å². The summed E-state index contributed by atoms with van der Waals surface area (Å²) in [5.74, 6) is 0.387. The monoisotopic (exact) mass is 418 g/mol. The maximum absolute atomic E-state index is 10.3. The van der Waals surface area contributed by atoms with Crippen LogP contribution in [0.5, 0.6) is 5.75 Å². The van der Waals surface area contributed by atoms with Crippen LogP contribution in [-0.2, 0) is 24.2 Å². The Hall–Kier alpha value is -2.00. The van der Waals surface area contributed by atoms with Crippen molar-refractivity contribution < 1.29 is 35.0 Å². The minimum Gasteiger partial charge on any atom is -0.462 e. The van der Waals surface area contributed by atoms with E-state index < -0.39 is 36.8 Å². The van der Waals surface area contributed by atoms with Crippen LogP contribution in [0.25, 0.3) is 0 Å². The predicted octanol–water partition coefficient (Wildman–Crippen LogP) is 0.899. The van der Waals surface area contributed by atoms with Crippen molar-refractivity contribution in [3.63, 3.8) is 0 Å². The molecule has 7 heteroatoms. The number of ether oxygens (including phenoxy) is 2. The quantitative estimate of drug-likeness (QED) is 0.453. The summed E-state index contributed by atoms with van der Waals surface area (Å²) in [6.45, 7) is 3.33. The number of hydrogen-bond donors (Lipinski definition) is 5. The number of hydrogen-bond acceptors (Lipinski definition) is 7. The van der Waals surface area contributed by atoms with Crippen LogP contribution < -0.4 is 4.74 Å². The van der Waals surface area contributed by atoms with Crippen LogP contribution in [0, 0.1) is 0 Å². The first-order valence-electron chi connectivity index (χ1n) is 10.2. The van der Waals surface area contributed by atoms with Crippen LogP contribution in [0.4, 0.5) is 0 Å². The molecular formula is C23H30O7. The molecule has 0 aromatic heterocycles. The van der Waals surface area contributed by atoms with Gasteiger partial charge in [0.1, 0.15) is 30.2 Å². The molecule has 30 heavy (non-hydrogen) atoms. The Balaban J connectivity index is 1.86. The zero-order valence-corrected chi connectivity index (χ0v) is 17.2. The van der Waals surface area contributed by atoms with Gasteiger partial charge in [0.25, 0.3) is 0 Å². The van der Waals surface area contributed by atoms with Gasteiger partial charge >= 0.3 is 0 Å². The van der Waals surface area contributed by atoms with Gasteiger partial charge in [-0.3, -0.25) is 0 Å². The molecule has 0 saturated carbocycles. The highest BCUT2D eigenvalue weighted by Crippen LogP contribution is 2.30. The molecule has 164 valence electrons. The molecule has 6 atom stereocenters. The van der Waals surface area contributed by atoms with E-state index in [2.05, 4.69) is 19.1 Å². The largest absolute Gasteiger partial charge is 0.462 e. The fourth-order valence-electron chi connectivity index (χ4n) is 3.56. The molecule has 0 aliphatic carbocycles. The van der Waals surface area contributed by atoms with E-state index in [-0.39, 0.29) is 6.61 Å². The Morgan fingerprint density at radius 1 is 0.933 bits per heavy atom. The normalized spacial score (nSPS) is 27.6. The van der Waals surface area contributed by atoms with Crippen molar-refractivity contribution in [2.24, 2.45) is 0 Å². The molecular weight excluding hydrogens is 388 g/mol. The first kappa shape index (κ1) is 22.7. The van der Waals surface area contributed by atoms with E-state index in [4.69, 9.17) is 9.47 Å². The van der Waals surface area contributed by atoms with Gasteiger partial charge < -0.3 is 35.0 Å². The molecule has 2 aromatic rings. The average Bonchev–Trinajstić information content (AvgIpc) is 2.75. The fraction of sp³-hybridized carbons (Fsp3) is 0.478. The Morgan fingerprint density at radius 2 is 1.57 bits per heavy atom. The topological polar surface area (TPSA) is 120 Å². The fourth-order valence-corrected chi connectivity index (χ4v) is 3.56. The summed E-state index contributed by atoms with van der Waals surface area (Å²) in [6.07, 6.45) is -6.46. The van der Waals surface area contributed by atoms with E-state index in [1.54, 1.807) is 12.1 Å². The standard InChI is InChI=1S/C23H30O7/c1-3-14-4-6-15(7-5-14)10-17-9-8-16(12-24)11-18(17)29-23-21(28)19(26)20(27)22(30-23)13(2)25/h4-9,11,13,19-28H,3,10,12H2,1-2H3/t13-,19+,20+,21-,22-,23-/m1/s1. The van der Waals surface area contributed by atoms with Crippen LogP contribution >= 0.6 is 0 Å². The van der Waals surface area contributed by atoms with Gasteiger partial charge in [-0.1, -0.05) is 43.3 Å². The molecule has 1 fully saturated rings. The van der Waals surface area contributed by atoms with Crippen LogP contribution in [0.1, 0.15) is 36.1 Å². The molecule has 3 rings (SSSR count). The predicted molar refractivity (Wildman–Crippen MR) is 110 cm³/mol. The Bertz CT molecular complexity index is 821. The molecule has 2 aromatic carbocycles. The summed E-state index contributed by atoms with van der Waals surface area (Å²) in [5.41, 5.74) is 3.73. The first-order valence-corrected chi connectivity index (χ1v) is 10.2. The van der Waals surface area contributed by atoms with E-state index in [1.807, 2.05) is 18.2 Å². The summed E-state index contributed by atoms with van der Waals surface area (Å²) in [7, 11) is 0. The van der Waals surface area contributed by atoms with Gasteiger partial charge in [0.05, 0.1) is 12.7 Å². The molecule has 0 radical (unpaired) electrons. The van der Waals surface area contributed by atoms with Gasteiger partial charge in [-0.05, 0) is 41.7 Å². The molecule has 0 unspecified atom stereocenters. The summed E-state index contributed by atoms with van der Waals surface area (Å²) in [4.78, 5) is 0. The maximum atomic E-state index is 10.3. The highest BCUT2D eigenvalue weighted by molar-refractivity contribution is 5.41. The van der Waals surface area contributed by atoms with Gasteiger partial charge in [0, 0.05) is 6.42 Å². The first-order chi connectivity index (χ1) is 14.3. The third kappa shape index (κ3) is 5.00. The molecule has 0 amide bonds. The molecule has 1 aliphatic rings. The average molecular weight is 418 g/mol. The highest BCUT2D eigenvalue weighted by atomic mass is 16.7. The third-order valence-corrected chi connectivity index (χ3v) is 5.47. The lowest BCUT2D eigenvalue weighted by Crippen LogP contribution is -2.61. The summed E-state index contributed by atoms with van der Waals surface area (Å²) in [5, 5.41) is 49.9. The van der Waals surface area contributed by atoms with E-state index in [0.717, 1.165) is 17.5 Å². The number of benzene rings is 2. The molecule has 5 N–H and O–H groups in total. The van der Waals surface area contributed by atoms with E-state index >= 15 is 0 Å². The minimum atomic E-state index is -1.53. The molecule has 1 aliphatic heterocycles. The van der Waals surface area contributed by atoms with Crippen molar-refractivity contribution >= 4 is 0 Å². The van der Waals surface area contributed by atoms with Crippen molar-refractivity contribution in [2.45, 2.75) is 70.1 Å². The second-order valence-corrected chi connectivity index (χ2v) is 7.75. The van der Waals surface area contributed by atoms with Crippen LogP contribution in [0.15, 0.2) is 42.5 Å². The van der Waals surface area contributed by atoms with Crippen molar-refractivity contribution in [1.29, 1.82) is 0 Å². The SMILES string of the molecule is CCc1ccc(Cc2ccc(CO)cc2O[C@@H]2O[C@H]([C@@H](C)O)[C@@H](O)[C@H](O)[C@H]2O)cc1. The van der Waals surface area contributed by atoms with E-state index in [0.29, 0.717) is 17.7 Å². The second-order valence-electron chi connectivity index (χ2n) is 7.75. The molecule has 0 spiro atoms. The highest BCUT2D eigenvalue weighted by Gasteiger charge is 2.46. The van der Waals surface area contributed by atoms with Crippen molar-refractivity contribution in [2.75, 3.05) is 0 Å². The smallest absolute Gasteiger partial charge is 0.229 e. The maximum Gasteiger partial charge on any atom is 0.229 e. The second kappa shape index (κ2) is 9.87. The number of aliphatic hydroxyl groups is 5. The Morgan fingerprint density at radius 3 is 2.17 bits per heavy atom. The number of rotatable bonds is 7. The van der Waals surface area contributed by atoms with Crippen LogP contribution in [-0.4, -0.2) is 62.3 Å². The lowest BCUT2D eigenvalue weighted by Gasteiger charge is -2.41. The molecule has 7 nitrogen and oxygen atoms in total. The van der Waals surface area contributed by atoms with Gasteiger partial charge in [-0.15, -0.1) is 0 Å². The summed E-state index contributed by atoms with van der Waals surface area (Å²) in [6, 6.07) is 13.5. The molecule has 0 bridgehead atoms. The lowest BCUT2D eigenvalue weighted by molar-refractivity contribution is -0.286. The van der Waals surface area contributed by atoms with Crippen molar-refractivity contribution in [3.05, 3.63) is 64.7 Å². The zero-order chi connectivity index (χ0) is 21.8. The number of aliphatic hydroxyl groups excluding tert-OH is 5. The van der Waals surface area contributed by atoms with E-state index in [9.17, 15) is 25.5 Å². The van der Waals surface area contributed by atoms with Crippen LogP contribution in [0.2, 0.25) is 0 Å². The van der Waals surface area contributed by atoms with Crippen molar-refractivity contribution in [3.8, 4) is 5.75 Å². The van der Waals surface area contributed by atoms with Gasteiger partial charge in [-0.25, -0.2) is 0 Å². The third-order valence-electron chi connectivity index (χ3n) is 5.47. The van der Waals surface area contributed by atoms with Gasteiger partial charge in [0.2, 0.25) is 6.29 Å². The van der Waals surface area contributed by atoms with Crippen LogP contribution in [0.3, 0.4) is 0 Å². The molecule has 1 heterocycles. The summed E-state index contributed by atoms with van der Waals surface area (Å²) >= 11 is 0.